The van der Waals surface area contributed by atoms with E-state index in [9.17, 15) is 14.7 Å². The van der Waals surface area contributed by atoms with Crippen molar-refractivity contribution in [3.63, 3.8) is 0 Å². The summed E-state index contributed by atoms with van der Waals surface area (Å²) in [5, 5.41) is 16.6. The number of carbonyl (C=O) groups is 2. The third kappa shape index (κ3) is 6.31. The van der Waals surface area contributed by atoms with Crippen molar-refractivity contribution < 1.29 is 19.4 Å². The fourth-order valence-corrected chi connectivity index (χ4v) is 2.35. The van der Waals surface area contributed by atoms with Gasteiger partial charge in [-0.1, -0.05) is 11.6 Å². The lowest BCUT2D eigenvalue weighted by Gasteiger charge is -2.07. The van der Waals surface area contributed by atoms with Gasteiger partial charge in [0.15, 0.2) is 0 Å². The van der Waals surface area contributed by atoms with E-state index in [4.69, 9.17) is 16.3 Å². The molecule has 2 aromatic carbocycles. The number of ether oxygens (including phenoxy) is 1. The zero-order valence-corrected chi connectivity index (χ0v) is 15.7. The molecule has 0 saturated heterocycles. The van der Waals surface area contributed by atoms with Crippen molar-refractivity contribution in [2.45, 2.75) is 20.3 Å². The van der Waals surface area contributed by atoms with E-state index >= 15 is 0 Å². The summed E-state index contributed by atoms with van der Waals surface area (Å²) in [5.74, 6) is -0.389. The minimum atomic E-state index is -0.624. The molecule has 7 nitrogen and oxygen atoms in total. The molecule has 0 fully saturated rings. The maximum Gasteiger partial charge on any atom is 0.275 e. The highest BCUT2D eigenvalue weighted by molar-refractivity contribution is 6.31. The number of aromatic hydroxyl groups is 1. The molecule has 0 aromatic heterocycles. The van der Waals surface area contributed by atoms with Crippen molar-refractivity contribution in [2.24, 2.45) is 5.10 Å². The molecule has 0 saturated carbocycles. The predicted octanol–water partition coefficient (Wildman–Crippen LogP) is 3.58. The Labute approximate surface area is 162 Å². The highest BCUT2D eigenvalue weighted by Gasteiger charge is 2.12. The number of hydrazone groups is 1. The number of amides is 2. The fraction of sp³-hybridized carbons (Fsp3) is 0.211. The van der Waals surface area contributed by atoms with Crippen molar-refractivity contribution >= 4 is 34.8 Å². The second-order valence-corrected chi connectivity index (χ2v) is 6.07. The zero-order valence-electron chi connectivity index (χ0n) is 15.0. The molecule has 0 radical (unpaired) electrons. The van der Waals surface area contributed by atoms with E-state index in [0.717, 1.165) is 5.75 Å². The van der Waals surface area contributed by atoms with Gasteiger partial charge in [0.2, 0.25) is 5.91 Å². The maximum atomic E-state index is 12.1. The molecule has 0 bridgehead atoms. The number of hydrogen-bond acceptors (Lipinski definition) is 5. The number of rotatable bonds is 7. The summed E-state index contributed by atoms with van der Waals surface area (Å²) >= 11 is 5.81. The van der Waals surface area contributed by atoms with Gasteiger partial charge in [-0.15, -0.1) is 0 Å². The SMILES string of the molecule is CCOc1ccc(NC(=O)C/C(C)=N/NC(=O)c2cc(Cl)ccc2O)cc1. The van der Waals surface area contributed by atoms with Crippen LogP contribution in [-0.2, 0) is 4.79 Å². The normalized spacial score (nSPS) is 11.0. The predicted molar refractivity (Wildman–Crippen MR) is 105 cm³/mol. The first-order valence-electron chi connectivity index (χ1n) is 8.23. The van der Waals surface area contributed by atoms with E-state index in [1.807, 2.05) is 6.92 Å². The second kappa shape index (κ2) is 9.59. The second-order valence-electron chi connectivity index (χ2n) is 5.63. The lowest BCUT2D eigenvalue weighted by Crippen LogP contribution is -2.21. The van der Waals surface area contributed by atoms with Gasteiger partial charge in [0.1, 0.15) is 11.5 Å². The van der Waals surface area contributed by atoms with E-state index in [-0.39, 0.29) is 23.6 Å². The first-order valence-corrected chi connectivity index (χ1v) is 8.61. The van der Waals surface area contributed by atoms with Crippen LogP contribution in [0.2, 0.25) is 5.02 Å². The third-order valence-electron chi connectivity index (χ3n) is 3.42. The highest BCUT2D eigenvalue weighted by Crippen LogP contribution is 2.21. The van der Waals surface area contributed by atoms with Crippen LogP contribution in [-0.4, -0.2) is 29.2 Å². The Morgan fingerprint density at radius 1 is 1.19 bits per heavy atom. The molecule has 0 aliphatic heterocycles. The monoisotopic (exact) mass is 389 g/mol. The summed E-state index contributed by atoms with van der Waals surface area (Å²) < 4.78 is 5.34. The van der Waals surface area contributed by atoms with Crippen LogP contribution in [0.3, 0.4) is 0 Å². The summed E-state index contributed by atoms with van der Waals surface area (Å²) in [6.45, 7) is 4.07. The number of nitrogens with one attached hydrogen (secondary N) is 2. The smallest absolute Gasteiger partial charge is 0.275 e. The Kier molecular flexibility index (Phi) is 7.19. The van der Waals surface area contributed by atoms with Gasteiger partial charge in [-0.2, -0.15) is 5.10 Å². The van der Waals surface area contributed by atoms with Gasteiger partial charge in [-0.25, -0.2) is 5.43 Å². The Balaban J connectivity index is 1.89. The minimum absolute atomic E-state index is 0.00195. The molecular formula is C19H20ClN3O4. The van der Waals surface area contributed by atoms with Gasteiger partial charge in [-0.3, -0.25) is 9.59 Å². The average molecular weight is 390 g/mol. The molecule has 3 N–H and O–H groups in total. The van der Waals surface area contributed by atoms with E-state index in [1.54, 1.807) is 31.2 Å². The van der Waals surface area contributed by atoms with E-state index in [2.05, 4.69) is 15.8 Å². The third-order valence-corrected chi connectivity index (χ3v) is 3.65. The number of halogens is 1. The van der Waals surface area contributed by atoms with Crippen LogP contribution in [0.1, 0.15) is 30.6 Å². The Hall–Kier alpha value is -3.06. The van der Waals surface area contributed by atoms with E-state index < -0.39 is 5.91 Å². The molecular weight excluding hydrogens is 370 g/mol. The molecule has 0 unspecified atom stereocenters. The Morgan fingerprint density at radius 3 is 2.56 bits per heavy atom. The number of benzene rings is 2. The molecule has 2 amide bonds. The van der Waals surface area contributed by atoms with Crippen LogP contribution in [0.5, 0.6) is 11.5 Å². The molecule has 8 heteroatoms. The number of carbonyl (C=O) groups excluding carboxylic acids is 2. The van der Waals surface area contributed by atoms with Crippen LogP contribution in [0.15, 0.2) is 47.6 Å². The summed E-state index contributed by atoms with van der Waals surface area (Å²) in [5.41, 5.74) is 3.31. The van der Waals surface area contributed by atoms with E-state index in [1.165, 1.54) is 18.2 Å². The van der Waals surface area contributed by atoms with Crippen LogP contribution < -0.4 is 15.5 Å². The van der Waals surface area contributed by atoms with Crippen molar-refractivity contribution in [1.82, 2.24) is 5.43 Å². The van der Waals surface area contributed by atoms with Gasteiger partial charge in [0.25, 0.3) is 5.91 Å². The topological polar surface area (TPSA) is 100 Å². The first kappa shape index (κ1) is 20.3. The molecule has 2 rings (SSSR count). The largest absolute Gasteiger partial charge is 0.507 e. The zero-order chi connectivity index (χ0) is 19.8. The summed E-state index contributed by atoms with van der Waals surface area (Å²) in [7, 11) is 0. The molecule has 2 aromatic rings. The first-order chi connectivity index (χ1) is 12.9. The van der Waals surface area contributed by atoms with Crippen LogP contribution in [0.25, 0.3) is 0 Å². The molecule has 0 atom stereocenters. The standard InChI is InChI=1S/C19H20ClN3O4/c1-3-27-15-7-5-14(6-8-15)21-18(25)10-12(2)22-23-19(26)16-11-13(20)4-9-17(16)24/h4-9,11,24H,3,10H2,1-2H3,(H,21,25)(H,23,26)/b22-12+. The van der Waals surface area contributed by atoms with Crippen molar-refractivity contribution in [3.05, 3.63) is 53.1 Å². The lowest BCUT2D eigenvalue weighted by atomic mass is 10.2. The van der Waals surface area contributed by atoms with Gasteiger partial charge in [-0.05, 0) is 56.3 Å². The van der Waals surface area contributed by atoms with Crippen molar-refractivity contribution in [3.8, 4) is 11.5 Å². The molecule has 0 heterocycles. The number of phenolic OH excluding ortho intramolecular Hbond substituents is 1. The molecule has 0 spiro atoms. The number of phenols is 1. The Morgan fingerprint density at radius 2 is 1.89 bits per heavy atom. The van der Waals surface area contributed by atoms with Crippen molar-refractivity contribution in [1.29, 1.82) is 0 Å². The average Bonchev–Trinajstić information content (AvgIpc) is 2.63. The Bertz CT molecular complexity index is 851. The quantitative estimate of drug-likeness (QED) is 0.497. The van der Waals surface area contributed by atoms with Crippen LogP contribution >= 0.6 is 11.6 Å². The molecule has 142 valence electrons. The lowest BCUT2D eigenvalue weighted by molar-refractivity contribution is -0.115. The van der Waals surface area contributed by atoms with Crippen molar-refractivity contribution in [2.75, 3.05) is 11.9 Å². The summed E-state index contributed by atoms with van der Waals surface area (Å²) in [4.78, 5) is 24.1. The number of nitrogens with zero attached hydrogens (tertiary/aromatic N) is 1. The summed E-state index contributed by atoms with van der Waals surface area (Å²) in [6, 6.07) is 11.1. The fourth-order valence-electron chi connectivity index (χ4n) is 2.17. The number of hydrogen-bond donors (Lipinski definition) is 3. The van der Waals surface area contributed by atoms with E-state index in [0.29, 0.717) is 23.0 Å². The molecule has 0 aliphatic rings. The van der Waals surface area contributed by atoms with Crippen LogP contribution in [0, 0.1) is 0 Å². The minimum Gasteiger partial charge on any atom is -0.507 e. The van der Waals surface area contributed by atoms with Gasteiger partial charge in [0.05, 0.1) is 18.6 Å². The van der Waals surface area contributed by atoms with Gasteiger partial charge in [0, 0.05) is 16.4 Å². The highest BCUT2D eigenvalue weighted by atomic mass is 35.5. The maximum absolute atomic E-state index is 12.1. The molecule has 0 aliphatic carbocycles. The van der Waals surface area contributed by atoms with Crippen LogP contribution in [0.4, 0.5) is 5.69 Å². The summed E-state index contributed by atoms with van der Waals surface area (Å²) in [6.07, 6.45) is -0.00494. The van der Waals surface area contributed by atoms with Gasteiger partial charge < -0.3 is 15.2 Å². The number of anilines is 1. The molecule has 27 heavy (non-hydrogen) atoms. The van der Waals surface area contributed by atoms with Gasteiger partial charge >= 0.3 is 0 Å².